The number of aromatic nitrogens is 2. The Morgan fingerprint density at radius 1 is 1.45 bits per heavy atom. The van der Waals surface area contributed by atoms with Crippen LogP contribution < -0.4 is 0 Å². The van der Waals surface area contributed by atoms with Gasteiger partial charge in [0, 0.05) is 18.0 Å². The predicted molar refractivity (Wildman–Crippen MR) is 81.9 cm³/mol. The van der Waals surface area contributed by atoms with Gasteiger partial charge in [0.1, 0.15) is 6.10 Å². The molecule has 0 fully saturated rings. The van der Waals surface area contributed by atoms with Gasteiger partial charge in [-0.15, -0.1) is 0 Å². The molecule has 0 radical (unpaired) electrons. The number of aliphatic hydroxyl groups is 1. The second kappa shape index (κ2) is 7.22. The molecule has 0 aliphatic carbocycles. The Morgan fingerprint density at radius 3 is 2.90 bits per heavy atom. The van der Waals surface area contributed by atoms with Crippen LogP contribution in [-0.4, -0.2) is 28.6 Å². The third-order valence-corrected chi connectivity index (χ3v) is 4.09. The second-order valence-corrected chi connectivity index (χ2v) is 5.67. The monoisotopic (exact) mass is 358 g/mol. The van der Waals surface area contributed by atoms with E-state index in [0.29, 0.717) is 30.3 Å². The van der Waals surface area contributed by atoms with Crippen molar-refractivity contribution >= 4 is 27.5 Å². The van der Waals surface area contributed by atoms with Crippen molar-refractivity contribution in [3.8, 4) is 0 Å². The normalized spacial score (nSPS) is 12.6. The average molecular weight is 360 g/mol. The van der Waals surface area contributed by atoms with E-state index in [1.165, 1.54) is 0 Å². The highest BCUT2D eigenvalue weighted by Crippen LogP contribution is 2.28. The van der Waals surface area contributed by atoms with Gasteiger partial charge in [0.15, 0.2) is 0 Å². The first kappa shape index (κ1) is 15.5. The zero-order chi connectivity index (χ0) is 14.5. The molecular weight excluding hydrogens is 344 g/mol. The summed E-state index contributed by atoms with van der Waals surface area (Å²) >= 11 is 9.61. The maximum Gasteiger partial charge on any atom is 0.101 e. The molecule has 1 unspecified atom stereocenters. The lowest BCUT2D eigenvalue weighted by atomic mass is 10.1. The lowest BCUT2D eigenvalue weighted by Gasteiger charge is -2.15. The highest BCUT2D eigenvalue weighted by molar-refractivity contribution is 9.10. The van der Waals surface area contributed by atoms with Crippen LogP contribution in [0.5, 0.6) is 0 Å². The van der Waals surface area contributed by atoms with Crippen molar-refractivity contribution in [3.63, 3.8) is 0 Å². The molecule has 1 heterocycles. The molecule has 0 aliphatic rings. The molecule has 0 bridgehead atoms. The van der Waals surface area contributed by atoms with E-state index < -0.39 is 6.10 Å². The van der Waals surface area contributed by atoms with E-state index in [1.807, 2.05) is 24.3 Å². The van der Waals surface area contributed by atoms with Crippen LogP contribution in [0.15, 0.2) is 34.9 Å². The van der Waals surface area contributed by atoms with E-state index in [9.17, 15) is 5.11 Å². The summed E-state index contributed by atoms with van der Waals surface area (Å²) in [6, 6.07) is 7.80. The van der Waals surface area contributed by atoms with Crippen LogP contribution in [0.2, 0.25) is 5.02 Å². The van der Waals surface area contributed by atoms with Gasteiger partial charge in [0.05, 0.1) is 30.1 Å². The first-order chi connectivity index (χ1) is 9.63. The molecule has 6 heteroatoms. The van der Waals surface area contributed by atoms with Gasteiger partial charge in [0.25, 0.3) is 0 Å². The van der Waals surface area contributed by atoms with Crippen LogP contribution in [0.3, 0.4) is 0 Å². The molecule has 2 aromatic rings. The first-order valence-electron chi connectivity index (χ1n) is 6.25. The van der Waals surface area contributed by atoms with Gasteiger partial charge in [-0.1, -0.05) is 45.7 Å². The second-order valence-electron chi connectivity index (χ2n) is 4.41. The van der Waals surface area contributed by atoms with Crippen LogP contribution in [-0.2, 0) is 17.7 Å². The molecule has 2 rings (SSSR count). The Balaban J connectivity index is 2.18. The Bertz CT molecular complexity index is 574. The molecule has 4 nitrogen and oxygen atoms in total. The molecule has 1 N–H and O–H groups in total. The van der Waals surface area contributed by atoms with Gasteiger partial charge in [-0.3, -0.25) is 4.68 Å². The van der Waals surface area contributed by atoms with Gasteiger partial charge in [-0.05, 0) is 11.6 Å². The molecule has 20 heavy (non-hydrogen) atoms. The summed E-state index contributed by atoms with van der Waals surface area (Å²) < 4.78 is 7.69. The van der Waals surface area contributed by atoms with Crippen molar-refractivity contribution in [2.45, 2.75) is 19.1 Å². The van der Waals surface area contributed by atoms with E-state index >= 15 is 0 Å². The first-order valence-corrected chi connectivity index (χ1v) is 7.42. The molecule has 1 aromatic heterocycles. The van der Waals surface area contributed by atoms with Gasteiger partial charge in [-0.2, -0.15) is 5.10 Å². The van der Waals surface area contributed by atoms with Crippen molar-refractivity contribution in [1.82, 2.24) is 9.78 Å². The number of hydrogen-bond donors (Lipinski definition) is 1. The highest BCUT2D eigenvalue weighted by atomic mass is 79.9. The lowest BCUT2D eigenvalue weighted by Crippen LogP contribution is -2.14. The van der Waals surface area contributed by atoms with E-state index in [-0.39, 0.29) is 0 Å². The molecule has 108 valence electrons. The molecule has 0 saturated heterocycles. The molecule has 1 atom stereocenters. The maximum atomic E-state index is 10.4. The minimum absolute atomic E-state index is 0.472. The number of hydrogen-bond acceptors (Lipinski definition) is 3. The van der Waals surface area contributed by atoms with Crippen LogP contribution in [0.4, 0.5) is 0 Å². The van der Waals surface area contributed by atoms with E-state index in [1.54, 1.807) is 18.0 Å². The topological polar surface area (TPSA) is 47.3 Å². The van der Waals surface area contributed by atoms with Gasteiger partial charge < -0.3 is 9.84 Å². The third kappa shape index (κ3) is 3.61. The zero-order valence-corrected chi connectivity index (χ0v) is 13.4. The van der Waals surface area contributed by atoms with E-state index in [0.717, 1.165) is 10.0 Å². The summed E-state index contributed by atoms with van der Waals surface area (Å²) in [6.07, 6.45) is 1.32. The molecule has 0 spiro atoms. The number of ether oxygens (including phenoxy) is 1. The highest BCUT2D eigenvalue weighted by Gasteiger charge is 2.19. The lowest BCUT2D eigenvalue weighted by molar-refractivity contribution is 0.153. The fourth-order valence-electron chi connectivity index (χ4n) is 2.03. The van der Waals surface area contributed by atoms with Crippen molar-refractivity contribution < 1.29 is 9.84 Å². The fraction of sp³-hybridized carbons (Fsp3) is 0.357. The zero-order valence-electron chi connectivity index (χ0n) is 11.1. The molecule has 1 aromatic carbocycles. The Hall–Kier alpha value is -0.880. The Labute approximate surface area is 131 Å². The number of methoxy groups -OCH3 is 1. The Morgan fingerprint density at radius 2 is 2.20 bits per heavy atom. The minimum atomic E-state index is -0.708. The van der Waals surface area contributed by atoms with Gasteiger partial charge >= 0.3 is 0 Å². The van der Waals surface area contributed by atoms with Gasteiger partial charge in [-0.25, -0.2) is 0 Å². The summed E-state index contributed by atoms with van der Waals surface area (Å²) in [7, 11) is 1.63. The van der Waals surface area contributed by atoms with Crippen molar-refractivity contribution in [2.75, 3.05) is 13.7 Å². The average Bonchev–Trinajstić information content (AvgIpc) is 2.80. The minimum Gasteiger partial charge on any atom is -0.386 e. The smallest absolute Gasteiger partial charge is 0.101 e. The van der Waals surface area contributed by atoms with Crippen molar-refractivity contribution in [2.24, 2.45) is 0 Å². The van der Waals surface area contributed by atoms with Crippen molar-refractivity contribution in [3.05, 3.63) is 51.2 Å². The number of benzene rings is 1. The largest absolute Gasteiger partial charge is 0.386 e. The van der Waals surface area contributed by atoms with Crippen LogP contribution in [0.25, 0.3) is 0 Å². The predicted octanol–water partition coefficient (Wildman–Crippen LogP) is 3.22. The number of aliphatic hydroxyl groups excluding tert-OH is 1. The molecule has 0 amide bonds. The quantitative estimate of drug-likeness (QED) is 0.861. The maximum absolute atomic E-state index is 10.4. The van der Waals surface area contributed by atoms with E-state index in [4.69, 9.17) is 16.3 Å². The summed E-state index contributed by atoms with van der Waals surface area (Å²) in [6.45, 7) is 1.08. The summed E-state index contributed by atoms with van der Waals surface area (Å²) in [5.41, 5.74) is 1.65. The summed E-state index contributed by atoms with van der Waals surface area (Å²) in [5.74, 6) is 0. The number of nitrogens with zero attached hydrogens (tertiary/aromatic N) is 2. The van der Waals surface area contributed by atoms with Crippen LogP contribution >= 0.6 is 27.5 Å². The fourth-order valence-corrected chi connectivity index (χ4v) is 2.74. The van der Waals surface area contributed by atoms with Crippen LogP contribution in [0, 0.1) is 0 Å². The third-order valence-electron chi connectivity index (χ3n) is 3.03. The van der Waals surface area contributed by atoms with Crippen molar-refractivity contribution in [1.29, 1.82) is 0 Å². The molecule has 0 aliphatic heterocycles. The molecular formula is C14H16BrClN2O2. The standard InChI is InChI=1S/C14H16BrClN2O2/c1-20-7-6-18-14(12(16)9-17-18)13(19)8-10-4-2-3-5-11(10)15/h2-5,9,13,19H,6-8H2,1H3. The summed E-state index contributed by atoms with van der Waals surface area (Å²) in [5, 5.41) is 15.1. The van der Waals surface area contributed by atoms with Gasteiger partial charge in [0.2, 0.25) is 0 Å². The van der Waals surface area contributed by atoms with E-state index in [2.05, 4.69) is 21.0 Å². The summed E-state index contributed by atoms with van der Waals surface area (Å²) in [4.78, 5) is 0. The number of halogens is 2. The SMILES string of the molecule is COCCn1ncc(Cl)c1C(O)Cc1ccccc1Br. The Kier molecular flexibility index (Phi) is 5.60. The molecule has 0 saturated carbocycles. The van der Waals surface area contributed by atoms with Crippen LogP contribution in [0.1, 0.15) is 17.4 Å². The number of rotatable bonds is 6.